The number of aryl methyl sites for hydroxylation is 1. The maximum Gasteiger partial charge on any atom is 0.148 e. The molecule has 0 amide bonds. The van der Waals surface area contributed by atoms with Crippen molar-refractivity contribution in [1.29, 1.82) is 5.41 Å². The SMILES string of the molecule is COc1ccc2c(c1)nc(C1=C(O)CN(c3ccc(Nc4ccccc4)cc3)C1=N)n2C. The Balaban J connectivity index is 1.41. The molecule has 0 fully saturated rings. The van der Waals surface area contributed by atoms with Gasteiger partial charge in [-0.25, -0.2) is 4.98 Å². The first-order chi connectivity index (χ1) is 15.5. The van der Waals surface area contributed by atoms with Crippen LogP contribution in [0.1, 0.15) is 5.82 Å². The predicted molar refractivity (Wildman–Crippen MR) is 128 cm³/mol. The average molecular weight is 425 g/mol. The Labute approximate surface area is 185 Å². The maximum absolute atomic E-state index is 10.8. The van der Waals surface area contributed by atoms with Crippen LogP contribution in [-0.4, -0.2) is 34.1 Å². The molecule has 4 aromatic rings. The molecular formula is C25H23N5O2. The summed E-state index contributed by atoms with van der Waals surface area (Å²) in [6, 6.07) is 23.4. The van der Waals surface area contributed by atoms with Gasteiger partial charge in [0.15, 0.2) is 0 Å². The van der Waals surface area contributed by atoms with Gasteiger partial charge in [-0.15, -0.1) is 0 Å². The van der Waals surface area contributed by atoms with Crippen LogP contribution in [0.2, 0.25) is 0 Å². The number of aliphatic hydroxyl groups is 1. The molecule has 1 aromatic heterocycles. The molecule has 1 aliphatic heterocycles. The van der Waals surface area contributed by atoms with Crippen LogP contribution in [-0.2, 0) is 7.05 Å². The van der Waals surface area contributed by atoms with E-state index in [4.69, 9.17) is 10.1 Å². The van der Waals surface area contributed by atoms with Crippen molar-refractivity contribution in [2.75, 3.05) is 23.9 Å². The molecule has 0 saturated carbocycles. The van der Waals surface area contributed by atoms with E-state index in [9.17, 15) is 5.11 Å². The highest BCUT2D eigenvalue weighted by molar-refractivity contribution is 6.30. The number of anilines is 3. The largest absolute Gasteiger partial charge is 0.509 e. The molecule has 2 heterocycles. The van der Waals surface area contributed by atoms with Gasteiger partial charge in [0.25, 0.3) is 0 Å². The van der Waals surface area contributed by atoms with E-state index < -0.39 is 0 Å². The van der Waals surface area contributed by atoms with Crippen LogP contribution in [0.4, 0.5) is 17.1 Å². The predicted octanol–water partition coefficient (Wildman–Crippen LogP) is 5.09. The molecule has 7 heteroatoms. The third kappa shape index (κ3) is 3.33. The zero-order chi connectivity index (χ0) is 22.2. The molecule has 5 rings (SSSR count). The van der Waals surface area contributed by atoms with E-state index in [1.165, 1.54) is 0 Å². The molecule has 0 radical (unpaired) electrons. The number of rotatable bonds is 5. The Hall–Kier alpha value is -4.26. The highest BCUT2D eigenvalue weighted by Gasteiger charge is 2.32. The lowest BCUT2D eigenvalue weighted by atomic mass is 10.2. The zero-order valence-electron chi connectivity index (χ0n) is 17.8. The Kier molecular flexibility index (Phi) is 4.78. The molecule has 160 valence electrons. The van der Waals surface area contributed by atoms with Crippen molar-refractivity contribution < 1.29 is 9.84 Å². The molecule has 32 heavy (non-hydrogen) atoms. The van der Waals surface area contributed by atoms with E-state index in [0.717, 1.165) is 28.1 Å². The van der Waals surface area contributed by atoms with Crippen molar-refractivity contribution in [3.8, 4) is 5.75 Å². The molecule has 3 N–H and O–H groups in total. The summed E-state index contributed by atoms with van der Waals surface area (Å²) in [5.41, 5.74) is 4.89. The molecule has 0 bridgehead atoms. The minimum atomic E-state index is 0.131. The zero-order valence-corrected chi connectivity index (χ0v) is 17.8. The summed E-state index contributed by atoms with van der Waals surface area (Å²) in [5, 5.41) is 22.9. The monoisotopic (exact) mass is 425 g/mol. The standard InChI is InChI=1S/C25H23N5O2/c1-29-21-13-12-19(32-2)14-20(21)28-25(29)23-22(31)15-30(24(23)26)18-10-8-17(9-11-18)27-16-6-4-3-5-7-16/h3-14,26-27,31H,15H2,1-2H3. The molecule has 0 spiro atoms. The Bertz CT molecular complexity index is 1340. The second kappa shape index (κ2) is 7.77. The highest BCUT2D eigenvalue weighted by Crippen LogP contribution is 2.33. The van der Waals surface area contributed by atoms with Gasteiger partial charge >= 0.3 is 0 Å². The van der Waals surface area contributed by atoms with Gasteiger partial charge in [0.05, 0.1) is 30.3 Å². The van der Waals surface area contributed by atoms with Crippen LogP contribution in [0, 0.1) is 5.41 Å². The normalized spacial score (nSPS) is 13.8. The number of hydrogen-bond donors (Lipinski definition) is 3. The number of benzene rings is 3. The third-order valence-corrected chi connectivity index (χ3v) is 5.66. The fourth-order valence-corrected chi connectivity index (χ4v) is 3.98. The number of para-hydroxylation sites is 1. The summed E-state index contributed by atoms with van der Waals surface area (Å²) in [6.45, 7) is 0.228. The number of ether oxygens (including phenoxy) is 1. The molecular weight excluding hydrogens is 402 g/mol. The number of aliphatic hydroxyl groups excluding tert-OH is 1. The van der Waals surface area contributed by atoms with Crippen LogP contribution >= 0.6 is 0 Å². The fourth-order valence-electron chi connectivity index (χ4n) is 3.98. The molecule has 0 saturated heterocycles. The van der Waals surface area contributed by atoms with Crippen molar-refractivity contribution in [3.63, 3.8) is 0 Å². The number of nitrogens with one attached hydrogen (secondary N) is 2. The Morgan fingerprint density at radius 3 is 2.44 bits per heavy atom. The minimum absolute atomic E-state index is 0.131. The fraction of sp³-hybridized carbons (Fsp3) is 0.120. The first-order valence-corrected chi connectivity index (χ1v) is 10.3. The summed E-state index contributed by atoms with van der Waals surface area (Å²) in [7, 11) is 3.50. The van der Waals surface area contributed by atoms with Gasteiger partial charge in [-0.05, 0) is 48.5 Å². The lowest BCUT2D eigenvalue weighted by molar-refractivity contribution is 0.411. The van der Waals surface area contributed by atoms with Gasteiger partial charge in [0.1, 0.15) is 23.2 Å². The van der Waals surface area contributed by atoms with Crippen LogP contribution in [0.25, 0.3) is 16.6 Å². The van der Waals surface area contributed by atoms with Crippen LogP contribution in [0.15, 0.2) is 78.6 Å². The van der Waals surface area contributed by atoms with Gasteiger partial charge in [-0.1, -0.05) is 18.2 Å². The molecule has 0 atom stereocenters. The second-order valence-electron chi connectivity index (χ2n) is 7.64. The molecule has 0 unspecified atom stereocenters. The van der Waals surface area contributed by atoms with Gasteiger partial charge in [-0.2, -0.15) is 0 Å². The number of nitrogens with zero attached hydrogens (tertiary/aromatic N) is 3. The number of aromatic nitrogens is 2. The molecule has 3 aromatic carbocycles. The van der Waals surface area contributed by atoms with E-state index in [-0.39, 0.29) is 18.1 Å². The Morgan fingerprint density at radius 2 is 1.72 bits per heavy atom. The van der Waals surface area contributed by atoms with Crippen LogP contribution < -0.4 is 15.0 Å². The van der Waals surface area contributed by atoms with E-state index in [2.05, 4.69) is 10.3 Å². The summed E-state index contributed by atoms with van der Waals surface area (Å²) < 4.78 is 7.19. The Morgan fingerprint density at radius 1 is 1.00 bits per heavy atom. The number of amidine groups is 1. The summed E-state index contributed by atoms with van der Waals surface area (Å²) in [4.78, 5) is 6.46. The lowest BCUT2D eigenvalue weighted by Crippen LogP contribution is -2.26. The van der Waals surface area contributed by atoms with Gasteiger partial charge in [0.2, 0.25) is 0 Å². The first kappa shape index (κ1) is 19.7. The number of imidazole rings is 1. The van der Waals surface area contributed by atoms with E-state index in [1.54, 1.807) is 12.0 Å². The van der Waals surface area contributed by atoms with Gasteiger partial charge < -0.3 is 24.6 Å². The van der Waals surface area contributed by atoms with E-state index in [0.29, 0.717) is 17.1 Å². The maximum atomic E-state index is 10.8. The van der Waals surface area contributed by atoms with Crippen molar-refractivity contribution >= 4 is 39.5 Å². The van der Waals surface area contributed by atoms with Crippen LogP contribution in [0.3, 0.4) is 0 Å². The third-order valence-electron chi connectivity index (χ3n) is 5.66. The average Bonchev–Trinajstić information content (AvgIpc) is 3.29. The topological polar surface area (TPSA) is 86.4 Å². The summed E-state index contributed by atoms with van der Waals surface area (Å²) >= 11 is 0. The molecule has 7 nitrogen and oxygen atoms in total. The second-order valence-corrected chi connectivity index (χ2v) is 7.64. The van der Waals surface area contributed by atoms with Crippen LogP contribution in [0.5, 0.6) is 5.75 Å². The number of hydrogen-bond acceptors (Lipinski definition) is 5. The minimum Gasteiger partial charge on any atom is -0.509 e. The first-order valence-electron chi connectivity index (χ1n) is 10.3. The van der Waals surface area contributed by atoms with E-state index in [1.807, 2.05) is 84.4 Å². The molecule has 1 aliphatic rings. The van der Waals surface area contributed by atoms with Gasteiger partial charge in [-0.3, -0.25) is 5.41 Å². The van der Waals surface area contributed by atoms with Gasteiger partial charge in [0, 0.05) is 30.2 Å². The van der Waals surface area contributed by atoms with Crippen molar-refractivity contribution in [2.45, 2.75) is 0 Å². The van der Waals surface area contributed by atoms with Crippen molar-refractivity contribution in [1.82, 2.24) is 9.55 Å². The smallest absolute Gasteiger partial charge is 0.148 e. The van der Waals surface area contributed by atoms with Crippen molar-refractivity contribution in [3.05, 3.63) is 84.4 Å². The van der Waals surface area contributed by atoms with E-state index >= 15 is 0 Å². The molecule has 0 aliphatic carbocycles. The highest BCUT2D eigenvalue weighted by atomic mass is 16.5. The quantitative estimate of drug-likeness (QED) is 0.415. The lowest BCUT2D eigenvalue weighted by Gasteiger charge is -2.19. The number of methoxy groups -OCH3 is 1. The summed E-state index contributed by atoms with van der Waals surface area (Å²) in [6.07, 6.45) is 0. The van der Waals surface area contributed by atoms with Crippen molar-refractivity contribution in [2.24, 2.45) is 7.05 Å². The number of fused-ring (bicyclic) bond motifs is 1. The summed E-state index contributed by atoms with van der Waals surface area (Å²) in [5.74, 6) is 1.62.